The molecule has 0 saturated carbocycles. The van der Waals surface area contributed by atoms with Gasteiger partial charge < -0.3 is 24.4 Å². The summed E-state index contributed by atoms with van der Waals surface area (Å²) < 4.78 is 17.7. The first kappa shape index (κ1) is 26.2. The number of aromatic nitrogens is 3. The maximum atomic E-state index is 12.2. The molecule has 1 aromatic carbocycles. The number of likely N-dealkylation sites (tertiary alicyclic amines) is 1. The van der Waals surface area contributed by atoms with Crippen LogP contribution in [0.15, 0.2) is 48.8 Å². The fraction of sp³-hybridized carbons (Fsp3) is 0.429. The number of ether oxygens (including phenoxy) is 3. The van der Waals surface area contributed by atoms with Crippen LogP contribution in [0.5, 0.6) is 17.5 Å². The van der Waals surface area contributed by atoms with Crippen LogP contribution in [0, 0.1) is 6.92 Å². The van der Waals surface area contributed by atoms with Crippen molar-refractivity contribution in [2.45, 2.75) is 65.7 Å². The van der Waals surface area contributed by atoms with Crippen LogP contribution in [0.25, 0.3) is 0 Å². The Morgan fingerprint density at radius 3 is 2.49 bits per heavy atom. The van der Waals surface area contributed by atoms with Gasteiger partial charge in [0.05, 0.1) is 17.4 Å². The zero-order chi connectivity index (χ0) is 26.2. The third-order valence-electron chi connectivity index (χ3n) is 6.10. The number of carbonyl (C=O) groups excluding carboxylic acids is 1. The quantitative estimate of drug-likeness (QED) is 0.405. The third-order valence-corrected chi connectivity index (χ3v) is 6.10. The van der Waals surface area contributed by atoms with Crippen LogP contribution in [-0.4, -0.2) is 51.2 Å². The highest BCUT2D eigenvalue weighted by atomic mass is 16.6. The van der Waals surface area contributed by atoms with Crippen molar-refractivity contribution in [3.63, 3.8) is 0 Å². The van der Waals surface area contributed by atoms with Gasteiger partial charge in [0.1, 0.15) is 18.2 Å². The number of rotatable bonds is 9. The standard InChI is InChI=1S/C28H35N5O4/c1-5-23-26(36-22-13-15-33(16-14-22)28(34)35-19(2)3)30-18-31-27(23)37-24-11-12-25(32-20(24)4)29-17-21-9-7-6-8-10-21/h6-12,18-19,22H,5,13-17H2,1-4H3,(H,29,32). The highest BCUT2D eigenvalue weighted by molar-refractivity contribution is 5.67. The van der Waals surface area contributed by atoms with Gasteiger partial charge >= 0.3 is 6.09 Å². The molecular weight excluding hydrogens is 470 g/mol. The minimum absolute atomic E-state index is 0.0467. The Hall–Kier alpha value is -3.88. The average Bonchev–Trinajstić information content (AvgIpc) is 2.89. The van der Waals surface area contributed by atoms with Crippen LogP contribution >= 0.6 is 0 Å². The summed E-state index contributed by atoms with van der Waals surface area (Å²) in [4.78, 5) is 27.3. The van der Waals surface area contributed by atoms with Gasteiger partial charge in [-0.2, -0.15) is 0 Å². The van der Waals surface area contributed by atoms with Crippen LogP contribution in [0.4, 0.5) is 10.6 Å². The van der Waals surface area contributed by atoms with Crippen LogP contribution in [0.2, 0.25) is 0 Å². The van der Waals surface area contributed by atoms with E-state index in [2.05, 4.69) is 32.4 Å². The lowest BCUT2D eigenvalue weighted by atomic mass is 10.1. The molecule has 1 fully saturated rings. The molecule has 9 heteroatoms. The van der Waals surface area contributed by atoms with Crippen molar-refractivity contribution in [2.75, 3.05) is 18.4 Å². The predicted octanol–water partition coefficient (Wildman–Crippen LogP) is 5.54. The number of hydrogen-bond donors (Lipinski definition) is 1. The van der Waals surface area contributed by atoms with E-state index in [1.54, 1.807) is 4.90 Å². The van der Waals surface area contributed by atoms with Crippen molar-refractivity contribution >= 4 is 11.9 Å². The van der Waals surface area contributed by atoms with Gasteiger partial charge in [0, 0.05) is 32.5 Å². The van der Waals surface area contributed by atoms with Gasteiger partial charge in [-0.05, 0) is 44.9 Å². The summed E-state index contributed by atoms with van der Waals surface area (Å²) in [6.07, 6.45) is 3.06. The van der Waals surface area contributed by atoms with E-state index < -0.39 is 0 Å². The molecule has 0 bridgehead atoms. The number of carbonyl (C=O) groups is 1. The molecule has 0 aliphatic carbocycles. The second-order valence-corrected chi connectivity index (χ2v) is 9.27. The molecule has 37 heavy (non-hydrogen) atoms. The molecule has 0 atom stereocenters. The SMILES string of the molecule is CCc1c(Oc2ccc(NCc3ccccc3)nc2C)ncnc1OC1CCN(C(=O)OC(C)C)CC1. The number of amides is 1. The second kappa shape index (κ2) is 12.4. The average molecular weight is 506 g/mol. The maximum absolute atomic E-state index is 12.2. The first-order chi connectivity index (χ1) is 17.9. The largest absolute Gasteiger partial charge is 0.474 e. The van der Waals surface area contributed by atoms with E-state index in [1.165, 1.54) is 11.9 Å². The van der Waals surface area contributed by atoms with Gasteiger partial charge in [-0.25, -0.2) is 19.7 Å². The monoisotopic (exact) mass is 505 g/mol. The van der Waals surface area contributed by atoms with E-state index in [0.29, 0.717) is 56.4 Å². The Morgan fingerprint density at radius 2 is 1.81 bits per heavy atom. The number of piperidine rings is 1. The molecule has 196 valence electrons. The first-order valence-corrected chi connectivity index (χ1v) is 12.8. The Balaban J connectivity index is 1.38. The molecule has 4 rings (SSSR count). The number of hydrogen-bond acceptors (Lipinski definition) is 8. The molecule has 3 heterocycles. The fourth-order valence-corrected chi connectivity index (χ4v) is 4.11. The predicted molar refractivity (Wildman–Crippen MR) is 141 cm³/mol. The highest BCUT2D eigenvalue weighted by Crippen LogP contribution is 2.32. The van der Waals surface area contributed by atoms with E-state index in [0.717, 1.165) is 17.1 Å². The first-order valence-electron chi connectivity index (χ1n) is 12.8. The van der Waals surface area contributed by atoms with E-state index in [1.807, 2.05) is 58.0 Å². The maximum Gasteiger partial charge on any atom is 0.410 e. The molecule has 1 saturated heterocycles. The molecule has 3 aromatic rings. The van der Waals surface area contributed by atoms with Gasteiger partial charge in [0.2, 0.25) is 11.8 Å². The van der Waals surface area contributed by atoms with Crippen molar-refractivity contribution in [1.82, 2.24) is 19.9 Å². The van der Waals surface area contributed by atoms with Gasteiger partial charge in [0.15, 0.2) is 5.75 Å². The van der Waals surface area contributed by atoms with E-state index in [9.17, 15) is 4.79 Å². The molecular formula is C28H35N5O4. The van der Waals surface area contributed by atoms with Crippen molar-refractivity contribution < 1.29 is 19.0 Å². The molecule has 0 spiro atoms. The van der Waals surface area contributed by atoms with Gasteiger partial charge in [-0.1, -0.05) is 37.3 Å². The molecule has 0 radical (unpaired) electrons. The summed E-state index contributed by atoms with van der Waals surface area (Å²) in [5.41, 5.74) is 2.74. The smallest absolute Gasteiger partial charge is 0.410 e. The Morgan fingerprint density at radius 1 is 1.08 bits per heavy atom. The summed E-state index contributed by atoms with van der Waals surface area (Å²) in [6.45, 7) is 9.49. The van der Waals surface area contributed by atoms with Gasteiger partial charge in [0.25, 0.3) is 0 Å². The molecule has 1 amide bonds. The number of nitrogens with zero attached hydrogens (tertiary/aromatic N) is 4. The summed E-state index contributed by atoms with van der Waals surface area (Å²) in [5.74, 6) is 2.38. The molecule has 0 unspecified atom stereocenters. The summed E-state index contributed by atoms with van der Waals surface area (Å²) >= 11 is 0. The molecule has 1 aliphatic heterocycles. The van der Waals surface area contributed by atoms with Crippen molar-refractivity contribution in [1.29, 1.82) is 0 Å². The molecule has 9 nitrogen and oxygen atoms in total. The van der Waals surface area contributed by atoms with E-state index in [4.69, 9.17) is 14.2 Å². The minimum atomic E-state index is -0.273. The zero-order valence-corrected chi connectivity index (χ0v) is 21.9. The molecule has 1 aliphatic rings. The summed E-state index contributed by atoms with van der Waals surface area (Å²) in [6, 6.07) is 14.0. The topological polar surface area (TPSA) is 98.7 Å². The summed E-state index contributed by atoms with van der Waals surface area (Å²) in [5, 5.41) is 3.34. The van der Waals surface area contributed by atoms with Crippen molar-refractivity contribution in [3.05, 3.63) is 65.6 Å². The normalized spacial score (nSPS) is 13.9. The fourth-order valence-electron chi connectivity index (χ4n) is 4.11. The zero-order valence-electron chi connectivity index (χ0n) is 21.9. The van der Waals surface area contributed by atoms with Crippen molar-refractivity contribution in [3.8, 4) is 17.5 Å². The number of anilines is 1. The van der Waals surface area contributed by atoms with Gasteiger partial charge in [-0.3, -0.25) is 0 Å². The van der Waals surface area contributed by atoms with Crippen molar-refractivity contribution in [2.24, 2.45) is 0 Å². The van der Waals surface area contributed by atoms with Crippen LogP contribution < -0.4 is 14.8 Å². The van der Waals surface area contributed by atoms with Crippen LogP contribution in [0.1, 0.15) is 50.4 Å². The Bertz CT molecular complexity index is 1180. The van der Waals surface area contributed by atoms with E-state index in [-0.39, 0.29) is 18.3 Å². The molecule has 2 aromatic heterocycles. The Labute approximate surface area is 218 Å². The highest BCUT2D eigenvalue weighted by Gasteiger charge is 2.27. The molecule has 1 N–H and O–H groups in total. The van der Waals surface area contributed by atoms with E-state index >= 15 is 0 Å². The third kappa shape index (κ3) is 7.09. The number of benzene rings is 1. The van der Waals surface area contributed by atoms with Gasteiger partial charge in [-0.15, -0.1) is 0 Å². The number of pyridine rings is 1. The number of nitrogens with one attached hydrogen (secondary N) is 1. The lowest BCUT2D eigenvalue weighted by molar-refractivity contribution is 0.0504. The lowest BCUT2D eigenvalue weighted by Crippen LogP contribution is -2.42. The Kier molecular flexibility index (Phi) is 8.77. The minimum Gasteiger partial charge on any atom is -0.474 e. The van der Waals surface area contributed by atoms with Crippen LogP contribution in [-0.2, 0) is 17.7 Å². The van der Waals surface area contributed by atoms with Crippen LogP contribution in [0.3, 0.4) is 0 Å². The number of aryl methyl sites for hydroxylation is 1. The lowest BCUT2D eigenvalue weighted by Gasteiger charge is -2.32. The second-order valence-electron chi connectivity index (χ2n) is 9.27. The summed E-state index contributed by atoms with van der Waals surface area (Å²) in [7, 11) is 0.